The number of aromatic hydroxyl groups is 1. The first-order chi connectivity index (χ1) is 15.9. The van der Waals surface area contributed by atoms with Gasteiger partial charge in [0.05, 0.1) is 0 Å². The Labute approximate surface area is 213 Å². The Hall–Kier alpha value is -2.57. The van der Waals surface area contributed by atoms with Crippen molar-refractivity contribution in [3.63, 3.8) is 0 Å². The fraction of sp³-hybridized carbons (Fsp3) is 0.407. The van der Waals surface area contributed by atoms with Crippen LogP contribution in [0, 0.1) is 18.4 Å². The molecule has 0 saturated heterocycles. The second kappa shape index (κ2) is 12.2. The van der Waals surface area contributed by atoms with E-state index in [0.717, 1.165) is 44.8 Å². The Balaban J connectivity index is 0.00000133. The Morgan fingerprint density at radius 3 is 2.50 bits per heavy atom. The molecule has 0 unspecified atom stereocenters. The molecule has 4 rings (SSSR count). The predicted octanol–water partition coefficient (Wildman–Crippen LogP) is 7.23. The molecule has 2 heterocycles. The smallest absolute Gasteiger partial charge is 0.358 e. The van der Waals surface area contributed by atoms with Crippen molar-refractivity contribution in [2.75, 3.05) is 10.6 Å². The quantitative estimate of drug-likeness (QED) is 0.312. The summed E-state index contributed by atoms with van der Waals surface area (Å²) in [6.07, 6.45) is 7.11. The number of benzene rings is 1. The second-order valence-electron chi connectivity index (χ2n) is 8.52. The summed E-state index contributed by atoms with van der Waals surface area (Å²) in [7, 11) is 0. The number of pyridine rings is 1. The number of allylic oxidation sites excluding steroid dienone is 1. The SMILES string of the molecule is CC.CC(C)=CNc1ncnc(N[C@@H](C)c2cc3cccc(O)c3[c](=[V])n2C2CCC2)c1C.[CH3-]. The number of rotatable bonds is 6. The molecule has 1 aliphatic carbocycles. The predicted molar refractivity (Wildman–Crippen MR) is 139 cm³/mol. The van der Waals surface area contributed by atoms with E-state index in [0.29, 0.717) is 11.8 Å². The maximum Gasteiger partial charge on any atom is -0.358 e. The number of hydrogen-bond acceptors (Lipinski definition) is 5. The van der Waals surface area contributed by atoms with Crippen molar-refractivity contribution in [2.24, 2.45) is 0 Å². The van der Waals surface area contributed by atoms with Gasteiger partial charge in [0.25, 0.3) is 0 Å². The third kappa shape index (κ3) is 5.73. The molecule has 2 aromatic heterocycles. The molecule has 3 aromatic rings. The molecule has 1 fully saturated rings. The van der Waals surface area contributed by atoms with Gasteiger partial charge >= 0.3 is 192 Å². The fourth-order valence-corrected chi connectivity index (χ4v) is 4.80. The molecule has 6 nitrogen and oxygen atoms in total. The average molecular weight is 500 g/mol. The van der Waals surface area contributed by atoms with Gasteiger partial charge in [-0.05, 0) is 0 Å². The van der Waals surface area contributed by atoms with Crippen LogP contribution in [-0.2, 0) is 17.0 Å². The van der Waals surface area contributed by atoms with Crippen LogP contribution >= 0.6 is 0 Å². The summed E-state index contributed by atoms with van der Waals surface area (Å²) in [5, 5.41) is 19.3. The van der Waals surface area contributed by atoms with Crippen LogP contribution in [-0.4, -0.2) is 19.6 Å². The van der Waals surface area contributed by atoms with Crippen LogP contribution in [0.15, 0.2) is 42.4 Å². The van der Waals surface area contributed by atoms with Crippen molar-refractivity contribution < 1.29 is 22.1 Å². The first-order valence-electron chi connectivity index (χ1n) is 11.7. The second-order valence-corrected chi connectivity index (χ2v) is 9.18. The number of anilines is 2. The van der Waals surface area contributed by atoms with Gasteiger partial charge in [0.1, 0.15) is 0 Å². The summed E-state index contributed by atoms with van der Waals surface area (Å²) < 4.78 is 3.45. The molecule has 3 N–H and O–H groups in total. The Morgan fingerprint density at radius 1 is 1.21 bits per heavy atom. The maximum atomic E-state index is 10.5. The van der Waals surface area contributed by atoms with Crippen molar-refractivity contribution in [1.82, 2.24) is 14.5 Å². The molecular formula is C27H38N5OV-. The summed E-state index contributed by atoms with van der Waals surface area (Å²) in [6.45, 7) is 12.3. The molecule has 1 aliphatic rings. The molecule has 34 heavy (non-hydrogen) atoms. The van der Waals surface area contributed by atoms with Crippen LogP contribution < -0.4 is 10.6 Å². The minimum absolute atomic E-state index is 0. The zero-order valence-electron chi connectivity index (χ0n) is 21.5. The topological polar surface area (TPSA) is 75.0 Å². The van der Waals surface area contributed by atoms with Gasteiger partial charge in [-0.15, -0.1) is 0 Å². The molecular weight excluding hydrogens is 461 g/mol. The number of phenols is 1. The van der Waals surface area contributed by atoms with E-state index >= 15 is 0 Å². The molecule has 1 saturated carbocycles. The minimum atomic E-state index is 0. The molecule has 0 amide bonds. The van der Waals surface area contributed by atoms with Crippen LogP contribution in [0.5, 0.6) is 5.75 Å². The first-order valence-corrected chi connectivity index (χ1v) is 12.4. The van der Waals surface area contributed by atoms with Gasteiger partial charge in [0.2, 0.25) is 0 Å². The van der Waals surface area contributed by atoms with Crippen molar-refractivity contribution in [2.45, 2.75) is 72.9 Å². The number of hydrogen-bond donors (Lipinski definition) is 3. The Bertz CT molecular complexity index is 1210. The largest absolute Gasteiger partial charge is 0.358 e. The van der Waals surface area contributed by atoms with Gasteiger partial charge in [-0.1, -0.05) is 13.8 Å². The van der Waals surface area contributed by atoms with E-state index in [4.69, 9.17) is 0 Å². The number of fused-ring (bicyclic) bond motifs is 1. The van der Waals surface area contributed by atoms with Crippen molar-refractivity contribution in [3.8, 4) is 5.75 Å². The number of nitrogens with zero attached hydrogens (tertiary/aromatic N) is 3. The summed E-state index contributed by atoms with van der Waals surface area (Å²) in [5.74, 6) is 1.94. The van der Waals surface area contributed by atoms with Crippen LogP contribution in [0.25, 0.3) is 10.8 Å². The first kappa shape index (κ1) is 27.7. The molecule has 0 aliphatic heterocycles. The standard InChI is InChI=1S/C24H29N5O.C2H6.CH3.V/c1-15(2)12-25-23-16(3)24(27-14-26-23)28-17(4)21-11-18-7-5-10-22(30)20(18)13-29(21)19-8-6-9-19;1-2;;/h5,7,10-12,14,17,19,30H,6,8-9H2,1-4H3,(H2,25,26,27,28);1-2H3;1H3;/q;;-1;/t17-;;;/m0.../s1. The van der Waals surface area contributed by atoms with Crippen LogP contribution in [0.2, 0.25) is 0 Å². The summed E-state index contributed by atoms with van der Waals surface area (Å²) in [4.78, 5) is 8.88. The third-order valence-electron chi connectivity index (χ3n) is 5.93. The molecule has 0 spiro atoms. The molecule has 7 heteroatoms. The Morgan fingerprint density at radius 2 is 1.88 bits per heavy atom. The van der Waals surface area contributed by atoms with E-state index < -0.39 is 0 Å². The van der Waals surface area contributed by atoms with Gasteiger partial charge in [0, 0.05) is 0 Å². The van der Waals surface area contributed by atoms with Crippen molar-refractivity contribution in [1.29, 1.82) is 0 Å². The summed E-state index contributed by atoms with van der Waals surface area (Å²) in [6, 6.07) is 8.40. The van der Waals surface area contributed by atoms with E-state index in [-0.39, 0.29) is 13.5 Å². The van der Waals surface area contributed by atoms with Crippen LogP contribution in [0.4, 0.5) is 11.6 Å². The number of phenolic OH excluding ortho intramolecular Hbond substituents is 1. The van der Waals surface area contributed by atoms with Crippen LogP contribution in [0.3, 0.4) is 0 Å². The number of aromatic nitrogens is 3. The average Bonchev–Trinajstić information content (AvgIpc) is 2.76. The van der Waals surface area contributed by atoms with E-state index in [1.54, 1.807) is 12.4 Å². The van der Waals surface area contributed by atoms with Gasteiger partial charge < -0.3 is 7.43 Å². The number of nitrogens with one attached hydrogen (secondary N) is 2. The Kier molecular flexibility index (Phi) is 9.95. The van der Waals surface area contributed by atoms with Crippen LogP contribution in [0.1, 0.15) is 77.2 Å². The van der Waals surface area contributed by atoms with E-state index in [9.17, 15) is 5.11 Å². The normalized spacial score (nSPS) is 13.6. The van der Waals surface area contributed by atoms with E-state index in [1.807, 2.05) is 46.9 Å². The third-order valence-corrected chi connectivity index (χ3v) is 6.61. The molecule has 0 radical (unpaired) electrons. The monoisotopic (exact) mass is 499 g/mol. The molecule has 0 bridgehead atoms. The van der Waals surface area contributed by atoms with Gasteiger partial charge in [-0.2, -0.15) is 0 Å². The summed E-state index contributed by atoms with van der Waals surface area (Å²) >= 11 is 2.68. The maximum absolute atomic E-state index is 10.5. The van der Waals surface area contributed by atoms with E-state index in [1.165, 1.54) is 17.7 Å². The molecule has 1 aromatic carbocycles. The molecule has 1 atom stereocenters. The zero-order chi connectivity index (χ0) is 24.1. The van der Waals surface area contributed by atoms with E-state index in [2.05, 4.69) is 61.2 Å². The minimum Gasteiger partial charge on any atom is -0.358 e. The summed E-state index contributed by atoms with van der Waals surface area (Å²) in [5.41, 5.74) is 3.35. The van der Waals surface area contributed by atoms with Gasteiger partial charge in [-0.25, -0.2) is 0 Å². The fourth-order valence-electron chi connectivity index (χ4n) is 3.99. The van der Waals surface area contributed by atoms with Gasteiger partial charge in [-0.3, -0.25) is 0 Å². The zero-order valence-corrected chi connectivity index (χ0v) is 22.9. The van der Waals surface area contributed by atoms with Crippen molar-refractivity contribution in [3.05, 3.63) is 65.1 Å². The van der Waals surface area contributed by atoms with Gasteiger partial charge in [0.15, 0.2) is 0 Å². The van der Waals surface area contributed by atoms with Crippen molar-refractivity contribution >= 4 is 22.4 Å². The molecule has 183 valence electrons.